The van der Waals surface area contributed by atoms with Crippen LogP contribution in [-0.4, -0.2) is 23.8 Å². The average molecular weight is 436 g/mol. The summed E-state index contributed by atoms with van der Waals surface area (Å²) in [5.74, 6) is -1.08. The molecule has 4 rings (SSSR count). The summed E-state index contributed by atoms with van der Waals surface area (Å²) >= 11 is 6.01. The summed E-state index contributed by atoms with van der Waals surface area (Å²) in [4.78, 5) is 24.0. The van der Waals surface area contributed by atoms with Crippen LogP contribution >= 0.6 is 11.6 Å². The highest BCUT2D eigenvalue weighted by molar-refractivity contribution is 6.30. The Morgan fingerprint density at radius 3 is 2.23 bits per heavy atom. The van der Waals surface area contributed by atoms with Gasteiger partial charge in [-0.1, -0.05) is 66.2 Å². The maximum absolute atomic E-state index is 12.6. The van der Waals surface area contributed by atoms with Gasteiger partial charge in [0.2, 0.25) is 0 Å². The van der Waals surface area contributed by atoms with Gasteiger partial charge in [-0.25, -0.2) is 4.79 Å². The molecule has 0 radical (unpaired) electrons. The van der Waals surface area contributed by atoms with Gasteiger partial charge in [-0.3, -0.25) is 4.79 Å². The van der Waals surface area contributed by atoms with E-state index in [2.05, 4.69) is 17.4 Å². The number of carbonyl (C=O) groups excluding carboxylic acids is 1. The van der Waals surface area contributed by atoms with Gasteiger partial charge in [0, 0.05) is 10.9 Å². The van der Waals surface area contributed by atoms with Gasteiger partial charge < -0.3 is 15.2 Å². The van der Waals surface area contributed by atoms with E-state index in [4.69, 9.17) is 16.3 Å². The number of aliphatic carboxylic acids is 1. The Morgan fingerprint density at radius 1 is 1.03 bits per heavy atom. The highest BCUT2D eigenvalue weighted by atomic mass is 35.5. The fourth-order valence-corrected chi connectivity index (χ4v) is 4.45. The minimum absolute atomic E-state index is 0.0617. The largest absolute Gasteiger partial charge is 0.481 e. The molecule has 0 saturated heterocycles. The summed E-state index contributed by atoms with van der Waals surface area (Å²) in [6, 6.07) is 20.6. The van der Waals surface area contributed by atoms with Gasteiger partial charge in [-0.15, -0.1) is 0 Å². The first-order valence-corrected chi connectivity index (χ1v) is 10.4. The number of alkyl carbamates (subject to hydrolysis) is 1. The normalized spacial score (nSPS) is 13.2. The summed E-state index contributed by atoms with van der Waals surface area (Å²) in [6.07, 6.45) is -0.908. The van der Waals surface area contributed by atoms with Gasteiger partial charge in [0.15, 0.2) is 0 Å². The van der Waals surface area contributed by atoms with Crippen LogP contribution in [0.2, 0.25) is 5.02 Å². The van der Waals surface area contributed by atoms with Crippen molar-refractivity contribution in [2.24, 2.45) is 0 Å². The number of ether oxygens (including phenoxy) is 1. The van der Waals surface area contributed by atoms with E-state index >= 15 is 0 Å². The van der Waals surface area contributed by atoms with Crippen molar-refractivity contribution >= 4 is 23.7 Å². The molecular formula is C25H22ClNO4. The van der Waals surface area contributed by atoms with Gasteiger partial charge in [-0.2, -0.15) is 0 Å². The molecule has 0 aromatic heterocycles. The van der Waals surface area contributed by atoms with E-state index in [1.54, 1.807) is 18.2 Å². The lowest BCUT2D eigenvalue weighted by molar-refractivity contribution is -0.137. The zero-order valence-corrected chi connectivity index (χ0v) is 17.7. The van der Waals surface area contributed by atoms with Gasteiger partial charge in [0.25, 0.3) is 0 Å². The fraction of sp³-hybridized carbons (Fsp3) is 0.200. The Morgan fingerprint density at radius 2 is 1.65 bits per heavy atom. The van der Waals surface area contributed by atoms with Gasteiger partial charge in [0.05, 0.1) is 12.5 Å². The van der Waals surface area contributed by atoms with Crippen molar-refractivity contribution in [3.8, 4) is 11.1 Å². The molecule has 0 heterocycles. The topological polar surface area (TPSA) is 75.6 Å². The summed E-state index contributed by atoms with van der Waals surface area (Å²) in [6.45, 7) is 1.99. The summed E-state index contributed by atoms with van der Waals surface area (Å²) < 4.78 is 5.57. The molecule has 31 heavy (non-hydrogen) atoms. The summed E-state index contributed by atoms with van der Waals surface area (Å²) in [7, 11) is 0. The first-order chi connectivity index (χ1) is 14.9. The third-order valence-electron chi connectivity index (χ3n) is 5.62. The second-order valence-electron chi connectivity index (χ2n) is 7.62. The highest BCUT2D eigenvalue weighted by Gasteiger charge is 2.29. The molecule has 2 N–H and O–H groups in total. The average Bonchev–Trinajstić information content (AvgIpc) is 3.05. The fourth-order valence-electron chi connectivity index (χ4n) is 4.23. The zero-order valence-electron chi connectivity index (χ0n) is 17.0. The number of nitrogens with one attached hydrogen (secondary N) is 1. The Balaban J connectivity index is 1.50. The monoisotopic (exact) mass is 435 g/mol. The molecule has 1 atom stereocenters. The first kappa shape index (κ1) is 20.9. The number of carboxylic acids is 1. The van der Waals surface area contributed by atoms with Crippen LogP contribution < -0.4 is 5.32 Å². The van der Waals surface area contributed by atoms with Crippen LogP contribution in [0.3, 0.4) is 0 Å². The molecule has 0 fully saturated rings. The molecule has 3 aromatic rings. The number of hydrogen-bond acceptors (Lipinski definition) is 3. The Bertz CT molecular complexity index is 1100. The van der Waals surface area contributed by atoms with Crippen molar-refractivity contribution in [1.82, 2.24) is 5.32 Å². The molecule has 1 aliphatic rings. The SMILES string of the molecule is Cc1cc(Cl)ccc1[C@H](CC(=O)O)NC(=O)OCC1c2ccccc2-c2ccccc21. The smallest absolute Gasteiger partial charge is 0.407 e. The van der Waals surface area contributed by atoms with Crippen LogP contribution in [0.4, 0.5) is 4.79 Å². The third kappa shape index (κ3) is 4.42. The van der Waals surface area contributed by atoms with Crippen molar-refractivity contribution < 1.29 is 19.4 Å². The molecule has 6 heteroatoms. The molecule has 0 saturated carbocycles. The number of carboxylic acid groups (broad SMARTS) is 1. The van der Waals surface area contributed by atoms with E-state index < -0.39 is 18.1 Å². The van der Waals surface area contributed by atoms with Crippen LogP contribution in [0, 0.1) is 6.92 Å². The maximum Gasteiger partial charge on any atom is 0.407 e. The van der Waals surface area contributed by atoms with E-state index in [1.165, 1.54) is 0 Å². The van der Waals surface area contributed by atoms with Crippen LogP contribution in [0.25, 0.3) is 11.1 Å². The Kier molecular flexibility index (Phi) is 5.96. The van der Waals surface area contributed by atoms with Gasteiger partial charge >= 0.3 is 12.1 Å². The van der Waals surface area contributed by atoms with Crippen molar-refractivity contribution in [3.05, 3.63) is 94.0 Å². The first-order valence-electron chi connectivity index (χ1n) is 10.0. The second kappa shape index (κ2) is 8.82. The number of halogens is 1. The van der Waals surface area contributed by atoms with E-state index in [1.807, 2.05) is 43.3 Å². The van der Waals surface area contributed by atoms with Gasteiger partial charge in [0.1, 0.15) is 6.61 Å². The number of benzene rings is 3. The van der Waals surface area contributed by atoms with Crippen LogP contribution in [0.5, 0.6) is 0 Å². The molecule has 3 aromatic carbocycles. The molecule has 0 bridgehead atoms. The summed E-state index contributed by atoms with van der Waals surface area (Å²) in [5, 5.41) is 12.6. The minimum Gasteiger partial charge on any atom is -0.481 e. The lowest BCUT2D eigenvalue weighted by Gasteiger charge is -2.20. The predicted molar refractivity (Wildman–Crippen MR) is 119 cm³/mol. The zero-order chi connectivity index (χ0) is 22.0. The van der Waals surface area contributed by atoms with Crippen LogP contribution in [0.1, 0.15) is 40.6 Å². The lowest BCUT2D eigenvalue weighted by Crippen LogP contribution is -2.32. The molecule has 0 unspecified atom stereocenters. The number of carbonyl (C=O) groups is 2. The third-order valence-corrected chi connectivity index (χ3v) is 5.86. The van der Waals surface area contributed by atoms with E-state index in [-0.39, 0.29) is 18.9 Å². The number of rotatable bonds is 6. The molecule has 1 aliphatic carbocycles. The quantitative estimate of drug-likeness (QED) is 0.520. The second-order valence-corrected chi connectivity index (χ2v) is 8.06. The van der Waals surface area contributed by atoms with Crippen molar-refractivity contribution in [2.75, 3.05) is 6.61 Å². The summed E-state index contributed by atoms with van der Waals surface area (Å²) in [5.41, 5.74) is 6.03. The molecule has 158 valence electrons. The van der Waals surface area contributed by atoms with E-state index in [0.29, 0.717) is 10.6 Å². The number of hydrogen-bond donors (Lipinski definition) is 2. The predicted octanol–water partition coefficient (Wildman–Crippen LogP) is 5.70. The van der Waals surface area contributed by atoms with E-state index in [9.17, 15) is 14.7 Å². The lowest BCUT2D eigenvalue weighted by atomic mass is 9.98. The minimum atomic E-state index is -1.02. The number of amides is 1. The Labute approximate surface area is 185 Å². The maximum atomic E-state index is 12.6. The number of aryl methyl sites for hydroxylation is 1. The van der Waals surface area contributed by atoms with Crippen molar-refractivity contribution in [1.29, 1.82) is 0 Å². The molecular weight excluding hydrogens is 414 g/mol. The number of fused-ring (bicyclic) bond motifs is 3. The van der Waals surface area contributed by atoms with Crippen molar-refractivity contribution in [3.63, 3.8) is 0 Å². The highest BCUT2D eigenvalue weighted by Crippen LogP contribution is 2.44. The Hall–Kier alpha value is -3.31. The molecule has 1 amide bonds. The van der Waals surface area contributed by atoms with E-state index in [0.717, 1.165) is 27.8 Å². The van der Waals surface area contributed by atoms with Crippen LogP contribution in [-0.2, 0) is 9.53 Å². The van der Waals surface area contributed by atoms with Gasteiger partial charge in [-0.05, 0) is 52.4 Å². The molecule has 5 nitrogen and oxygen atoms in total. The standard InChI is InChI=1S/C25H22ClNO4/c1-15-12-16(26)10-11-17(15)23(13-24(28)29)27-25(30)31-14-22-20-8-4-2-6-18(20)19-7-3-5-9-21(19)22/h2-12,22-23H,13-14H2,1H3,(H,27,30)(H,28,29)/t23-/m0/s1. The molecule has 0 aliphatic heterocycles. The molecule has 0 spiro atoms. The van der Waals surface area contributed by atoms with Crippen LogP contribution in [0.15, 0.2) is 66.7 Å². The van der Waals surface area contributed by atoms with Crippen molar-refractivity contribution in [2.45, 2.75) is 25.3 Å².